The van der Waals surface area contributed by atoms with E-state index in [-0.39, 0.29) is 18.5 Å². The lowest BCUT2D eigenvalue weighted by Gasteiger charge is -2.34. The number of nitrogens with zero attached hydrogens (tertiary/aromatic N) is 2. The normalized spacial score (nSPS) is 29.4. The van der Waals surface area contributed by atoms with E-state index in [9.17, 15) is 13.2 Å². The van der Waals surface area contributed by atoms with E-state index in [1.54, 1.807) is 0 Å². The van der Waals surface area contributed by atoms with Crippen LogP contribution in [0.25, 0.3) is 0 Å². The van der Waals surface area contributed by atoms with E-state index in [1.807, 2.05) is 0 Å². The van der Waals surface area contributed by atoms with Gasteiger partial charge in [0.15, 0.2) is 0 Å². The molecule has 2 rings (SSSR count). The van der Waals surface area contributed by atoms with Crippen LogP contribution >= 0.6 is 0 Å². The van der Waals surface area contributed by atoms with Crippen LogP contribution < -0.4 is 0 Å². The van der Waals surface area contributed by atoms with Crippen molar-refractivity contribution in [3.63, 3.8) is 0 Å². The smallest absolute Gasteiger partial charge is 0.317 e. The maximum absolute atomic E-state index is 12.0. The SMILES string of the molecule is O=C(O)CN1CCN(CC2CCCO2)S(=O)(=O)C1. The quantitative estimate of drug-likeness (QED) is 0.721. The lowest BCUT2D eigenvalue weighted by Crippen LogP contribution is -2.52. The molecule has 2 aliphatic heterocycles. The van der Waals surface area contributed by atoms with Crippen molar-refractivity contribution in [3.05, 3.63) is 0 Å². The Hall–Kier alpha value is -0.700. The number of aliphatic carboxylic acids is 1. The Morgan fingerprint density at radius 1 is 1.39 bits per heavy atom. The summed E-state index contributed by atoms with van der Waals surface area (Å²) in [6.07, 6.45) is 1.86. The molecule has 0 aromatic heterocycles. The molecule has 0 radical (unpaired) electrons. The van der Waals surface area contributed by atoms with E-state index < -0.39 is 16.0 Å². The van der Waals surface area contributed by atoms with Gasteiger partial charge in [0.05, 0.1) is 12.6 Å². The van der Waals surface area contributed by atoms with Gasteiger partial charge in [-0.1, -0.05) is 0 Å². The minimum atomic E-state index is -3.39. The maximum atomic E-state index is 12.0. The lowest BCUT2D eigenvalue weighted by atomic mass is 10.2. The molecule has 0 aromatic rings. The van der Waals surface area contributed by atoms with E-state index in [4.69, 9.17) is 9.84 Å². The van der Waals surface area contributed by atoms with E-state index in [1.165, 1.54) is 9.21 Å². The van der Waals surface area contributed by atoms with Crippen LogP contribution in [0, 0.1) is 0 Å². The highest BCUT2D eigenvalue weighted by Crippen LogP contribution is 2.18. The van der Waals surface area contributed by atoms with Crippen LogP contribution in [0.3, 0.4) is 0 Å². The second kappa shape index (κ2) is 5.52. The van der Waals surface area contributed by atoms with Gasteiger partial charge in [0.1, 0.15) is 5.88 Å². The van der Waals surface area contributed by atoms with Crippen LogP contribution in [0.15, 0.2) is 0 Å². The highest BCUT2D eigenvalue weighted by atomic mass is 32.2. The average molecular weight is 278 g/mol. The molecule has 1 N–H and O–H groups in total. The fraction of sp³-hybridized carbons (Fsp3) is 0.900. The minimum absolute atomic E-state index is 0.00852. The molecular formula is C10H18N2O5S. The summed E-state index contributed by atoms with van der Waals surface area (Å²) in [5.41, 5.74) is 0. The molecule has 0 saturated carbocycles. The molecule has 1 atom stereocenters. The van der Waals surface area contributed by atoms with Crippen molar-refractivity contribution in [2.45, 2.75) is 18.9 Å². The van der Waals surface area contributed by atoms with Gasteiger partial charge >= 0.3 is 5.97 Å². The first-order valence-electron chi connectivity index (χ1n) is 6.01. The molecule has 0 amide bonds. The first-order chi connectivity index (χ1) is 8.47. The van der Waals surface area contributed by atoms with Gasteiger partial charge in [0.2, 0.25) is 10.0 Å². The Labute approximate surface area is 106 Å². The van der Waals surface area contributed by atoms with Crippen molar-refractivity contribution in [1.82, 2.24) is 9.21 Å². The summed E-state index contributed by atoms with van der Waals surface area (Å²) < 4.78 is 30.8. The van der Waals surface area contributed by atoms with Crippen LogP contribution in [0.2, 0.25) is 0 Å². The number of rotatable bonds is 4. The van der Waals surface area contributed by atoms with E-state index in [0.29, 0.717) is 26.2 Å². The van der Waals surface area contributed by atoms with Gasteiger partial charge in [-0.25, -0.2) is 8.42 Å². The Kier molecular flexibility index (Phi) is 4.21. The third-order valence-electron chi connectivity index (χ3n) is 3.19. The van der Waals surface area contributed by atoms with Crippen LogP contribution in [0.5, 0.6) is 0 Å². The third-order valence-corrected chi connectivity index (χ3v) is 5.00. The second-order valence-corrected chi connectivity index (χ2v) is 6.62. The molecule has 2 saturated heterocycles. The minimum Gasteiger partial charge on any atom is -0.480 e. The number of ether oxygens (including phenoxy) is 1. The predicted octanol–water partition coefficient (Wildman–Crippen LogP) is -0.845. The van der Waals surface area contributed by atoms with Crippen LogP contribution in [-0.4, -0.2) is 73.5 Å². The van der Waals surface area contributed by atoms with Gasteiger partial charge in [0, 0.05) is 26.2 Å². The van der Waals surface area contributed by atoms with Gasteiger partial charge in [-0.15, -0.1) is 0 Å². The van der Waals surface area contributed by atoms with Crippen molar-refractivity contribution < 1.29 is 23.1 Å². The van der Waals surface area contributed by atoms with E-state index in [2.05, 4.69) is 0 Å². The molecule has 2 heterocycles. The molecule has 0 bridgehead atoms. The van der Waals surface area contributed by atoms with Gasteiger partial charge in [-0.3, -0.25) is 9.69 Å². The second-order valence-electron chi connectivity index (χ2n) is 4.68. The van der Waals surface area contributed by atoms with Crippen molar-refractivity contribution >= 4 is 16.0 Å². The first-order valence-corrected chi connectivity index (χ1v) is 7.62. The Balaban J connectivity index is 1.92. The summed E-state index contributed by atoms with van der Waals surface area (Å²) in [5.74, 6) is -1.22. The van der Waals surface area contributed by atoms with Gasteiger partial charge in [-0.05, 0) is 12.8 Å². The van der Waals surface area contributed by atoms with Gasteiger partial charge in [0.25, 0.3) is 0 Å². The molecule has 0 aromatic carbocycles. The van der Waals surface area contributed by atoms with Crippen molar-refractivity contribution in [1.29, 1.82) is 0 Å². The molecule has 2 aliphatic rings. The summed E-state index contributed by atoms with van der Waals surface area (Å²) in [6, 6.07) is 0. The molecule has 2 fully saturated rings. The highest BCUT2D eigenvalue weighted by Gasteiger charge is 2.33. The number of hydrogen-bond acceptors (Lipinski definition) is 5. The predicted molar refractivity (Wildman–Crippen MR) is 63.5 cm³/mol. The monoisotopic (exact) mass is 278 g/mol. The summed E-state index contributed by atoms with van der Waals surface area (Å²) in [6.45, 7) is 1.66. The van der Waals surface area contributed by atoms with Gasteiger partial charge in [-0.2, -0.15) is 4.31 Å². The molecule has 104 valence electrons. The zero-order valence-electron chi connectivity index (χ0n) is 10.1. The summed E-state index contributed by atoms with van der Waals surface area (Å²) >= 11 is 0. The highest BCUT2D eigenvalue weighted by molar-refractivity contribution is 7.89. The molecule has 7 nitrogen and oxygen atoms in total. The molecule has 18 heavy (non-hydrogen) atoms. The third kappa shape index (κ3) is 3.41. The molecule has 1 unspecified atom stereocenters. The average Bonchev–Trinajstić information content (AvgIpc) is 2.73. The topological polar surface area (TPSA) is 87.2 Å². The molecule has 0 aliphatic carbocycles. The van der Waals surface area contributed by atoms with E-state index >= 15 is 0 Å². The fourth-order valence-corrected chi connectivity index (χ4v) is 3.90. The van der Waals surface area contributed by atoms with Crippen LogP contribution in [0.4, 0.5) is 0 Å². The molecule has 0 spiro atoms. The Bertz CT molecular complexity index is 404. The zero-order valence-corrected chi connectivity index (χ0v) is 10.9. The number of hydrogen-bond donors (Lipinski definition) is 1. The molecule has 8 heteroatoms. The summed E-state index contributed by atoms with van der Waals surface area (Å²) in [5, 5.41) is 8.66. The lowest BCUT2D eigenvalue weighted by molar-refractivity contribution is -0.138. The first kappa shape index (κ1) is 13.7. The molecular weight excluding hydrogens is 260 g/mol. The van der Waals surface area contributed by atoms with Crippen LogP contribution in [-0.2, 0) is 19.6 Å². The van der Waals surface area contributed by atoms with Crippen molar-refractivity contribution in [3.8, 4) is 0 Å². The van der Waals surface area contributed by atoms with E-state index in [0.717, 1.165) is 12.8 Å². The number of carboxylic acid groups (broad SMARTS) is 1. The largest absolute Gasteiger partial charge is 0.480 e. The Morgan fingerprint density at radius 2 is 2.17 bits per heavy atom. The van der Waals surface area contributed by atoms with Crippen molar-refractivity contribution in [2.24, 2.45) is 0 Å². The number of carboxylic acids is 1. The number of carbonyl (C=O) groups is 1. The standard InChI is InChI=1S/C10H18N2O5S/c13-10(14)7-11-3-4-12(18(15,16)8-11)6-9-2-1-5-17-9/h9H,1-8H2,(H,13,14). The van der Waals surface area contributed by atoms with Crippen molar-refractivity contribution in [2.75, 3.05) is 38.7 Å². The summed E-state index contributed by atoms with van der Waals surface area (Å²) in [4.78, 5) is 12.0. The number of sulfonamides is 1. The zero-order chi connectivity index (χ0) is 13.2. The summed E-state index contributed by atoms with van der Waals surface area (Å²) in [7, 11) is -3.39. The fourth-order valence-electron chi connectivity index (χ4n) is 2.31. The Morgan fingerprint density at radius 3 is 2.72 bits per heavy atom. The maximum Gasteiger partial charge on any atom is 0.317 e. The van der Waals surface area contributed by atoms with Crippen LogP contribution in [0.1, 0.15) is 12.8 Å². The van der Waals surface area contributed by atoms with Gasteiger partial charge < -0.3 is 9.84 Å².